The molecule has 0 amide bonds. The van der Waals surface area contributed by atoms with Gasteiger partial charge in [0, 0.05) is 5.56 Å². The summed E-state index contributed by atoms with van der Waals surface area (Å²) in [6, 6.07) is 6.71. The Morgan fingerprint density at radius 2 is 2.08 bits per heavy atom. The van der Waals surface area contributed by atoms with Crippen molar-refractivity contribution in [1.82, 2.24) is 0 Å². The average molecular weight is 162 g/mol. The van der Waals surface area contributed by atoms with Crippen LogP contribution in [0.2, 0.25) is 0 Å². The Hall–Kier alpha value is -1.37. The first-order valence-corrected chi connectivity index (χ1v) is 3.80. The Labute approximate surface area is 72.0 Å². The number of rotatable bonds is 2. The summed E-state index contributed by atoms with van der Waals surface area (Å²) >= 11 is 0. The summed E-state index contributed by atoms with van der Waals surface area (Å²) in [5.41, 5.74) is 1.53. The molecule has 0 aromatic heterocycles. The van der Waals surface area contributed by atoms with Gasteiger partial charge in [0.2, 0.25) is 0 Å². The maximum atomic E-state index is 13.1. The van der Waals surface area contributed by atoms with Gasteiger partial charge in [0.25, 0.3) is 0 Å². The normalized spacial score (nSPS) is 11.3. The van der Waals surface area contributed by atoms with Crippen LogP contribution in [0.4, 0.5) is 4.39 Å². The second kappa shape index (κ2) is 3.86. The molecule has 0 fully saturated rings. The maximum absolute atomic E-state index is 13.1. The van der Waals surface area contributed by atoms with E-state index in [2.05, 4.69) is 6.58 Å². The standard InChI is InChI=1S/C11H11F/c1-3-6-9(2)10-7-4-5-8-11(10)12/h3-8H,1H2,2H3. The summed E-state index contributed by atoms with van der Waals surface area (Å²) < 4.78 is 13.1. The Morgan fingerprint density at radius 1 is 1.42 bits per heavy atom. The zero-order valence-electron chi connectivity index (χ0n) is 7.05. The minimum Gasteiger partial charge on any atom is -0.206 e. The molecule has 0 saturated carbocycles. The van der Waals surface area contributed by atoms with Gasteiger partial charge in [-0.2, -0.15) is 0 Å². The summed E-state index contributed by atoms with van der Waals surface area (Å²) in [7, 11) is 0. The molecule has 12 heavy (non-hydrogen) atoms. The molecule has 0 heterocycles. The molecule has 1 heteroatoms. The van der Waals surface area contributed by atoms with Crippen molar-refractivity contribution in [3.63, 3.8) is 0 Å². The van der Waals surface area contributed by atoms with Crippen LogP contribution in [-0.4, -0.2) is 0 Å². The van der Waals surface area contributed by atoms with E-state index in [4.69, 9.17) is 0 Å². The van der Waals surface area contributed by atoms with E-state index >= 15 is 0 Å². The first-order chi connectivity index (χ1) is 5.75. The largest absolute Gasteiger partial charge is 0.206 e. The van der Waals surface area contributed by atoms with E-state index in [1.165, 1.54) is 6.07 Å². The molecule has 1 aromatic rings. The fourth-order valence-electron chi connectivity index (χ4n) is 1.05. The zero-order chi connectivity index (χ0) is 8.97. The lowest BCUT2D eigenvalue weighted by molar-refractivity contribution is 0.624. The van der Waals surface area contributed by atoms with Gasteiger partial charge in [-0.05, 0) is 18.6 Å². The van der Waals surface area contributed by atoms with Crippen LogP contribution in [0.25, 0.3) is 5.57 Å². The van der Waals surface area contributed by atoms with Crippen LogP contribution in [0.3, 0.4) is 0 Å². The van der Waals surface area contributed by atoms with E-state index in [0.717, 1.165) is 5.57 Å². The second-order valence-electron chi connectivity index (χ2n) is 2.57. The maximum Gasteiger partial charge on any atom is 0.130 e. The molecule has 0 N–H and O–H groups in total. The fourth-order valence-corrected chi connectivity index (χ4v) is 1.05. The summed E-state index contributed by atoms with van der Waals surface area (Å²) in [5.74, 6) is -0.187. The third-order valence-electron chi connectivity index (χ3n) is 1.67. The lowest BCUT2D eigenvalue weighted by Gasteiger charge is -2.00. The molecule has 0 radical (unpaired) electrons. The number of benzene rings is 1. The topological polar surface area (TPSA) is 0 Å². The van der Waals surface area contributed by atoms with Crippen molar-refractivity contribution in [3.8, 4) is 0 Å². The molecule has 0 aliphatic carbocycles. The lowest BCUT2D eigenvalue weighted by Crippen LogP contribution is -1.84. The molecule has 0 bridgehead atoms. The molecule has 62 valence electrons. The van der Waals surface area contributed by atoms with Crippen LogP contribution in [0.1, 0.15) is 12.5 Å². The van der Waals surface area contributed by atoms with Gasteiger partial charge >= 0.3 is 0 Å². The molecule has 1 rings (SSSR count). The van der Waals surface area contributed by atoms with Crippen LogP contribution in [-0.2, 0) is 0 Å². The number of halogens is 1. The van der Waals surface area contributed by atoms with Crippen LogP contribution in [0.5, 0.6) is 0 Å². The fraction of sp³-hybridized carbons (Fsp3) is 0.0909. The van der Waals surface area contributed by atoms with Gasteiger partial charge in [0.1, 0.15) is 5.82 Å². The van der Waals surface area contributed by atoms with Gasteiger partial charge in [-0.15, -0.1) is 0 Å². The van der Waals surface area contributed by atoms with Crippen molar-refractivity contribution < 1.29 is 4.39 Å². The summed E-state index contributed by atoms with van der Waals surface area (Å²) in [6.07, 6.45) is 3.44. The second-order valence-corrected chi connectivity index (χ2v) is 2.57. The summed E-state index contributed by atoms with van der Waals surface area (Å²) in [4.78, 5) is 0. The van der Waals surface area contributed by atoms with Crippen molar-refractivity contribution in [2.75, 3.05) is 0 Å². The molecular formula is C11H11F. The monoisotopic (exact) mass is 162 g/mol. The Kier molecular flexibility index (Phi) is 2.81. The van der Waals surface area contributed by atoms with Crippen LogP contribution in [0, 0.1) is 5.82 Å². The molecule has 0 atom stereocenters. The number of hydrogen-bond acceptors (Lipinski definition) is 0. The molecule has 1 aromatic carbocycles. The van der Waals surface area contributed by atoms with Gasteiger partial charge in [-0.1, -0.05) is 36.9 Å². The quantitative estimate of drug-likeness (QED) is 0.584. The van der Waals surface area contributed by atoms with Gasteiger partial charge in [0.15, 0.2) is 0 Å². The molecular weight excluding hydrogens is 151 g/mol. The highest BCUT2D eigenvalue weighted by Crippen LogP contribution is 2.16. The highest BCUT2D eigenvalue weighted by molar-refractivity contribution is 5.65. The molecule has 0 saturated heterocycles. The minimum absolute atomic E-state index is 0.187. The van der Waals surface area contributed by atoms with Crippen molar-refractivity contribution in [3.05, 3.63) is 54.4 Å². The summed E-state index contributed by atoms with van der Waals surface area (Å²) in [5, 5.41) is 0. The van der Waals surface area contributed by atoms with Gasteiger partial charge < -0.3 is 0 Å². The minimum atomic E-state index is -0.187. The van der Waals surface area contributed by atoms with Gasteiger partial charge in [-0.25, -0.2) is 4.39 Å². The predicted octanol–water partition coefficient (Wildman–Crippen LogP) is 3.42. The highest BCUT2D eigenvalue weighted by atomic mass is 19.1. The Morgan fingerprint density at radius 3 is 2.67 bits per heavy atom. The lowest BCUT2D eigenvalue weighted by atomic mass is 10.1. The predicted molar refractivity (Wildman–Crippen MR) is 50.2 cm³/mol. The van der Waals surface area contributed by atoms with E-state index in [-0.39, 0.29) is 5.82 Å². The molecule has 0 aliphatic rings. The molecule has 0 unspecified atom stereocenters. The third-order valence-corrected chi connectivity index (χ3v) is 1.67. The SMILES string of the molecule is C=CC=C(C)c1ccccc1F. The highest BCUT2D eigenvalue weighted by Gasteiger charge is 2.00. The van der Waals surface area contributed by atoms with Gasteiger partial charge in [-0.3, -0.25) is 0 Å². The van der Waals surface area contributed by atoms with Crippen LogP contribution >= 0.6 is 0 Å². The zero-order valence-corrected chi connectivity index (χ0v) is 7.05. The van der Waals surface area contributed by atoms with Crippen molar-refractivity contribution in [1.29, 1.82) is 0 Å². The van der Waals surface area contributed by atoms with Crippen molar-refractivity contribution in [2.45, 2.75) is 6.92 Å². The smallest absolute Gasteiger partial charge is 0.130 e. The third kappa shape index (κ3) is 1.82. The first kappa shape index (κ1) is 8.72. The van der Waals surface area contributed by atoms with E-state index in [1.54, 1.807) is 24.3 Å². The summed E-state index contributed by atoms with van der Waals surface area (Å²) in [6.45, 7) is 5.42. The molecule has 0 aliphatic heterocycles. The van der Waals surface area contributed by atoms with E-state index in [0.29, 0.717) is 5.56 Å². The Balaban J connectivity index is 3.10. The van der Waals surface area contributed by atoms with Crippen LogP contribution in [0.15, 0.2) is 43.0 Å². The number of hydrogen-bond donors (Lipinski definition) is 0. The van der Waals surface area contributed by atoms with E-state index < -0.39 is 0 Å². The van der Waals surface area contributed by atoms with Crippen LogP contribution < -0.4 is 0 Å². The Bertz CT molecular complexity index is 311. The average Bonchev–Trinajstić information content (AvgIpc) is 2.05. The molecule has 0 nitrogen and oxygen atoms in total. The molecule has 0 spiro atoms. The van der Waals surface area contributed by atoms with Crippen molar-refractivity contribution >= 4 is 5.57 Å². The van der Waals surface area contributed by atoms with Gasteiger partial charge in [0.05, 0.1) is 0 Å². The van der Waals surface area contributed by atoms with E-state index in [1.807, 2.05) is 13.0 Å². The van der Waals surface area contributed by atoms with Crippen molar-refractivity contribution in [2.24, 2.45) is 0 Å². The number of allylic oxidation sites excluding steroid dienone is 3. The first-order valence-electron chi connectivity index (χ1n) is 3.80. The van der Waals surface area contributed by atoms with E-state index in [9.17, 15) is 4.39 Å².